The Kier molecular flexibility index (Phi) is 5.67. The fourth-order valence-corrected chi connectivity index (χ4v) is 4.60. The lowest BCUT2D eigenvalue weighted by molar-refractivity contribution is -0.122. The number of fused-ring (bicyclic) bond motifs is 1. The Bertz CT molecular complexity index is 1020. The highest BCUT2D eigenvalue weighted by Gasteiger charge is 2.34. The summed E-state index contributed by atoms with van der Waals surface area (Å²) < 4.78 is 2.77. The van der Waals surface area contributed by atoms with Gasteiger partial charge in [-0.1, -0.05) is 47.3 Å². The molecule has 4 rings (SSSR count). The highest BCUT2D eigenvalue weighted by atomic mass is 79.9. The third kappa shape index (κ3) is 4.66. The van der Waals surface area contributed by atoms with E-state index in [9.17, 15) is 4.79 Å². The monoisotopic (exact) mass is 455 g/mol. The van der Waals surface area contributed by atoms with Crippen LogP contribution in [0.1, 0.15) is 54.9 Å². The number of nitrogens with one attached hydrogen (secondary N) is 1. The maximum atomic E-state index is 12.9. The molecule has 0 spiro atoms. The first-order chi connectivity index (χ1) is 13.9. The number of carbonyl (C=O) groups is 1. The van der Waals surface area contributed by atoms with E-state index in [0.717, 1.165) is 48.0 Å². The number of carbonyl (C=O) groups excluding carboxylic acids is 1. The van der Waals surface area contributed by atoms with Crippen LogP contribution < -0.4 is 5.32 Å². The summed E-state index contributed by atoms with van der Waals surface area (Å²) >= 11 is 3.49. The van der Waals surface area contributed by atoms with Crippen molar-refractivity contribution in [3.8, 4) is 0 Å². The average molecular weight is 456 g/mol. The normalized spacial score (nSPS) is 16.1. The highest BCUT2D eigenvalue weighted by Crippen LogP contribution is 2.32. The van der Waals surface area contributed by atoms with Gasteiger partial charge in [-0.25, -0.2) is 9.50 Å². The lowest BCUT2D eigenvalue weighted by atomic mass is 9.77. The summed E-state index contributed by atoms with van der Waals surface area (Å²) in [7, 11) is 0. The van der Waals surface area contributed by atoms with Crippen LogP contribution >= 0.6 is 15.9 Å². The second-order valence-corrected chi connectivity index (χ2v) is 9.06. The molecule has 1 amide bonds. The molecule has 2 aromatic heterocycles. The van der Waals surface area contributed by atoms with Crippen molar-refractivity contribution in [1.82, 2.24) is 24.9 Å². The third-order valence-corrected chi connectivity index (χ3v) is 6.18. The van der Waals surface area contributed by atoms with Gasteiger partial charge in [0.1, 0.15) is 0 Å². The van der Waals surface area contributed by atoms with Crippen LogP contribution in [0.25, 0.3) is 5.78 Å². The fourth-order valence-electron chi connectivity index (χ4n) is 4.33. The van der Waals surface area contributed by atoms with Crippen molar-refractivity contribution in [3.63, 3.8) is 0 Å². The lowest BCUT2D eigenvalue weighted by Gasteiger charge is -2.38. The molecule has 3 aromatic rings. The van der Waals surface area contributed by atoms with Gasteiger partial charge in [-0.15, -0.1) is 5.10 Å². The average Bonchev–Trinajstić information content (AvgIpc) is 3.06. The number of hydrogen-bond donors (Lipinski definition) is 1. The molecule has 0 aliphatic heterocycles. The molecule has 29 heavy (non-hydrogen) atoms. The number of aromatic nitrogens is 4. The first kappa shape index (κ1) is 20.0. The molecule has 2 heterocycles. The number of aryl methyl sites for hydroxylation is 2. The molecule has 0 radical (unpaired) electrons. The van der Waals surface area contributed by atoms with Crippen LogP contribution in [-0.2, 0) is 17.6 Å². The van der Waals surface area contributed by atoms with Crippen LogP contribution in [0.3, 0.4) is 0 Å². The van der Waals surface area contributed by atoms with Crippen molar-refractivity contribution in [3.05, 3.63) is 57.6 Å². The van der Waals surface area contributed by atoms with Gasteiger partial charge < -0.3 is 5.32 Å². The predicted octanol–water partition coefficient (Wildman–Crippen LogP) is 4.11. The van der Waals surface area contributed by atoms with Crippen molar-refractivity contribution in [1.29, 1.82) is 0 Å². The molecule has 6 nitrogen and oxygen atoms in total. The number of benzene rings is 1. The molecule has 1 N–H and O–H groups in total. The lowest BCUT2D eigenvalue weighted by Crippen LogP contribution is -2.51. The van der Waals surface area contributed by atoms with Crippen molar-refractivity contribution in [2.75, 3.05) is 0 Å². The second-order valence-electron chi connectivity index (χ2n) is 8.15. The van der Waals surface area contributed by atoms with Crippen molar-refractivity contribution < 1.29 is 4.79 Å². The zero-order valence-electron chi connectivity index (χ0n) is 16.9. The van der Waals surface area contributed by atoms with Crippen molar-refractivity contribution in [2.24, 2.45) is 0 Å². The minimum Gasteiger partial charge on any atom is -0.350 e. The SMILES string of the molecule is Cc1cc(C)n2nc(CC(=O)NC3(Cc4ccc(Br)cc4)CCCCC3)nc2n1. The zero-order chi connectivity index (χ0) is 20.4. The van der Waals surface area contributed by atoms with Gasteiger partial charge in [0, 0.05) is 21.4 Å². The summed E-state index contributed by atoms with van der Waals surface area (Å²) in [4.78, 5) is 21.8. The molecular weight excluding hydrogens is 430 g/mol. The number of nitrogens with zero attached hydrogens (tertiary/aromatic N) is 4. The van der Waals surface area contributed by atoms with E-state index in [1.807, 2.05) is 19.9 Å². The van der Waals surface area contributed by atoms with Gasteiger partial charge >= 0.3 is 0 Å². The Balaban J connectivity index is 1.50. The molecule has 0 saturated heterocycles. The Morgan fingerprint density at radius 2 is 1.86 bits per heavy atom. The predicted molar refractivity (Wildman–Crippen MR) is 116 cm³/mol. The molecule has 1 aromatic carbocycles. The summed E-state index contributed by atoms with van der Waals surface area (Å²) in [6.45, 7) is 3.90. The van der Waals surface area contributed by atoms with E-state index in [1.54, 1.807) is 4.52 Å². The maximum absolute atomic E-state index is 12.9. The van der Waals surface area contributed by atoms with E-state index in [2.05, 4.69) is 60.6 Å². The van der Waals surface area contributed by atoms with Crippen LogP contribution in [0.15, 0.2) is 34.8 Å². The minimum absolute atomic E-state index is 0.0192. The zero-order valence-corrected chi connectivity index (χ0v) is 18.5. The molecule has 1 aliphatic carbocycles. The Labute approximate surface area is 179 Å². The fraction of sp³-hybridized carbons (Fsp3) is 0.455. The van der Waals surface area contributed by atoms with Gasteiger partial charge in [0.25, 0.3) is 5.78 Å². The number of rotatable bonds is 5. The number of halogens is 1. The summed E-state index contributed by atoms with van der Waals surface area (Å²) in [6.07, 6.45) is 6.56. The van der Waals surface area contributed by atoms with Crippen molar-refractivity contribution in [2.45, 2.75) is 64.3 Å². The Morgan fingerprint density at radius 3 is 2.59 bits per heavy atom. The first-order valence-corrected chi connectivity index (χ1v) is 11.0. The van der Waals surface area contributed by atoms with Gasteiger partial charge in [-0.2, -0.15) is 4.98 Å². The molecule has 7 heteroatoms. The summed E-state index contributed by atoms with van der Waals surface area (Å²) in [5.41, 5.74) is 2.92. The van der Waals surface area contributed by atoms with E-state index in [1.165, 1.54) is 12.0 Å². The van der Waals surface area contributed by atoms with E-state index in [-0.39, 0.29) is 17.9 Å². The molecule has 0 unspecified atom stereocenters. The summed E-state index contributed by atoms with van der Waals surface area (Å²) in [5.74, 6) is 1.04. The van der Waals surface area contributed by atoms with Crippen LogP contribution in [0.2, 0.25) is 0 Å². The maximum Gasteiger partial charge on any atom is 0.252 e. The summed E-state index contributed by atoms with van der Waals surface area (Å²) in [5, 5.41) is 7.83. The van der Waals surface area contributed by atoms with E-state index in [0.29, 0.717) is 11.6 Å². The van der Waals surface area contributed by atoms with Gasteiger partial charge in [-0.05, 0) is 56.9 Å². The van der Waals surface area contributed by atoms with Gasteiger partial charge in [0.2, 0.25) is 5.91 Å². The molecule has 1 fully saturated rings. The van der Waals surface area contributed by atoms with E-state index in [4.69, 9.17) is 0 Å². The third-order valence-electron chi connectivity index (χ3n) is 5.65. The van der Waals surface area contributed by atoms with Crippen LogP contribution in [0, 0.1) is 13.8 Å². The minimum atomic E-state index is -0.187. The molecule has 152 valence electrons. The molecule has 0 atom stereocenters. The Hall–Kier alpha value is -2.28. The molecule has 1 aliphatic rings. The van der Waals surface area contributed by atoms with Crippen LogP contribution in [-0.4, -0.2) is 31.0 Å². The Morgan fingerprint density at radius 1 is 1.14 bits per heavy atom. The van der Waals surface area contributed by atoms with E-state index < -0.39 is 0 Å². The summed E-state index contributed by atoms with van der Waals surface area (Å²) in [6, 6.07) is 10.3. The second kappa shape index (κ2) is 8.22. The topological polar surface area (TPSA) is 72.2 Å². The number of hydrogen-bond acceptors (Lipinski definition) is 4. The molecule has 0 bridgehead atoms. The van der Waals surface area contributed by atoms with Crippen molar-refractivity contribution >= 4 is 27.6 Å². The molecular formula is C22H26BrN5O. The smallest absolute Gasteiger partial charge is 0.252 e. The van der Waals surface area contributed by atoms with Gasteiger partial charge in [0.15, 0.2) is 5.82 Å². The van der Waals surface area contributed by atoms with Crippen LogP contribution in [0.5, 0.6) is 0 Å². The molecule has 1 saturated carbocycles. The standard InChI is InChI=1S/C22H26BrN5O/c1-15-12-16(2)28-21(24-15)25-19(27-28)13-20(29)26-22(10-4-3-5-11-22)14-17-6-8-18(23)9-7-17/h6-9,12H,3-5,10-11,13-14H2,1-2H3,(H,26,29). The number of amides is 1. The van der Waals surface area contributed by atoms with Crippen LogP contribution in [0.4, 0.5) is 0 Å². The largest absolute Gasteiger partial charge is 0.350 e. The van der Waals surface area contributed by atoms with E-state index >= 15 is 0 Å². The van der Waals surface area contributed by atoms with Gasteiger partial charge in [-0.3, -0.25) is 4.79 Å². The first-order valence-electron chi connectivity index (χ1n) is 10.2. The quantitative estimate of drug-likeness (QED) is 0.628. The van der Waals surface area contributed by atoms with Gasteiger partial charge in [0.05, 0.1) is 6.42 Å². The highest BCUT2D eigenvalue weighted by molar-refractivity contribution is 9.10.